The minimum atomic E-state index is -2.87. The van der Waals surface area contributed by atoms with Gasteiger partial charge >= 0.3 is 0 Å². The monoisotopic (exact) mass is 407 g/mol. The number of nitrogens with zero attached hydrogens (tertiary/aromatic N) is 3. The van der Waals surface area contributed by atoms with Gasteiger partial charge in [0.2, 0.25) is 0 Å². The summed E-state index contributed by atoms with van der Waals surface area (Å²) in [5, 5.41) is 2.95. The molecule has 2 aliphatic rings. The van der Waals surface area contributed by atoms with Gasteiger partial charge in [0.25, 0.3) is 5.91 Å². The van der Waals surface area contributed by atoms with Gasteiger partial charge in [-0.1, -0.05) is 0 Å². The molecule has 2 aliphatic heterocycles. The largest absolute Gasteiger partial charge is 0.336 e. The van der Waals surface area contributed by atoms with Gasteiger partial charge in [-0.05, 0) is 43.8 Å². The highest BCUT2D eigenvalue weighted by Gasteiger charge is 2.34. The molecule has 2 aromatic rings. The molecule has 2 fully saturated rings. The Bertz CT molecular complexity index is 933. The first-order valence-electron chi connectivity index (χ1n) is 9.32. The third-order valence-corrected chi connectivity index (χ3v) is 8.32. The van der Waals surface area contributed by atoms with Gasteiger partial charge in [-0.2, -0.15) is 0 Å². The molecular formula is C19H25N3O3S2. The Hall–Kier alpha value is -1.64. The number of amides is 1. The first-order valence-corrected chi connectivity index (χ1v) is 12.0. The van der Waals surface area contributed by atoms with Crippen molar-refractivity contribution < 1.29 is 13.2 Å². The number of piperazine rings is 1. The van der Waals surface area contributed by atoms with Crippen molar-refractivity contribution in [3.63, 3.8) is 0 Å². The van der Waals surface area contributed by atoms with Crippen LogP contribution in [0.15, 0.2) is 23.6 Å². The maximum atomic E-state index is 13.1. The van der Waals surface area contributed by atoms with Crippen molar-refractivity contribution in [3.05, 3.63) is 40.5 Å². The molecule has 0 aromatic carbocycles. The fourth-order valence-electron chi connectivity index (χ4n) is 4.15. The van der Waals surface area contributed by atoms with E-state index in [1.807, 2.05) is 16.3 Å². The van der Waals surface area contributed by atoms with Crippen LogP contribution in [0.2, 0.25) is 0 Å². The van der Waals surface area contributed by atoms with E-state index >= 15 is 0 Å². The Morgan fingerprint density at radius 3 is 2.33 bits per heavy atom. The third-order valence-electron chi connectivity index (χ3n) is 5.68. The van der Waals surface area contributed by atoms with E-state index in [0.29, 0.717) is 18.8 Å². The molecule has 6 nitrogen and oxygen atoms in total. The first kappa shape index (κ1) is 18.7. The molecule has 4 rings (SSSR count). The minimum Gasteiger partial charge on any atom is -0.336 e. The quantitative estimate of drug-likeness (QED) is 0.782. The molecule has 1 atom stereocenters. The fourth-order valence-corrected chi connectivity index (χ4v) is 6.92. The van der Waals surface area contributed by atoms with Gasteiger partial charge in [-0.15, -0.1) is 11.3 Å². The average molecular weight is 408 g/mol. The number of carbonyl (C=O) groups is 1. The summed E-state index contributed by atoms with van der Waals surface area (Å²) in [7, 11) is -2.87. The van der Waals surface area contributed by atoms with Crippen LogP contribution in [0, 0.1) is 13.8 Å². The van der Waals surface area contributed by atoms with Crippen LogP contribution < -0.4 is 0 Å². The van der Waals surface area contributed by atoms with Crippen molar-refractivity contribution in [1.82, 2.24) is 14.4 Å². The smallest absolute Gasteiger partial charge is 0.256 e. The summed E-state index contributed by atoms with van der Waals surface area (Å²) in [4.78, 5) is 17.3. The summed E-state index contributed by atoms with van der Waals surface area (Å²) < 4.78 is 25.6. The number of aromatic nitrogens is 1. The van der Waals surface area contributed by atoms with Gasteiger partial charge < -0.3 is 9.47 Å². The van der Waals surface area contributed by atoms with Crippen molar-refractivity contribution in [2.75, 3.05) is 37.7 Å². The van der Waals surface area contributed by atoms with Crippen LogP contribution in [0.1, 0.15) is 28.2 Å². The molecule has 1 amide bonds. The lowest BCUT2D eigenvalue weighted by Gasteiger charge is -2.37. The predicted molar refractivity (Wildman–Crippen MR) is 108 cm³/mol. The second-order valence-electron chi connectivity index (χ2n) is 7.48. The van der Waals surface area contributed by atoms with Gasteiger partial charge in [0.1, 0.15) is 5.00 Å². The van der Waals surface area contributed by atoms with E-state index in [4.69, 9.17) is 0 Å². The minimum absolute atomic E-state index is 0.0671. The van der Waals surface area contributed by atoms with E-state index in [0.717, 1.165) is 41.5 Å². The van der Waals surface area contributed by atoms with Crippen molar-refractivity contribution in [1.29, 1.82) is 0 Å². The van der Waals surface area contributed by atoms with E-state index in [9.17, 15) is 13.2 Å². The van der Waals surface area contributed by atoms with E-state index in [1.54, 1.807) is 11.3 Å². The second-order valence-corrected chi connectivity index (χ2v) is 10.6. The molecule has 2 saturated heterocycles. The molecule has 0 N–H and O–H groups in total. The van der Waals surface area contributed by atoms with E-state index < -0.39 is 9.84 Å². The number of hydrogen-bond donors (Lipinski definition) is 0. The molecule has 4 heterocycles. The Morgan fingerprint density at radius 1 is 1.07 bits per heavy atom. The third kappa shape index (κ3) is 3.58. The molecule has 0 spiro atoms. The second kappa shape index (κ2) is 7.07. The van der Waals surface area contributed by atoms with Crippen LogP contribution in [-0.2, 0) is 9.84 Å². The van der Waals surface area contributed by atoms with Crippen LogP contribution >= 0.6 is 11.3 Å². The standard InChI is InChI=1S/C19H25N3O3S2/c1-14-3-4-15(2)22(14)19-17(5-11-26-19)18(23)21-9-7-20(8-10-21)16-6-12-27(24,25)13-16/h3-5,11,16H,6-10,12-13H2,1-2H3. The molecule has 1 unspecified atom stereocenters. The Balaban J connectivity index is 1.46. The Kier molecular flexibility index (Phi) is 4.90. The van der Waals surface area contributed by atoms with Crippen LogP contribution in [0.5, 0.6) is 0 Å². The fraction of sp³-hybridized carbons (Fsp3) is 0.526. The van der Waals surface area contributed by atoms with Crippen LogP contribution in [0.25, 0.3) is 5.00 Å². The molecule has 0 aliphatic carbocycles. The molecule has 146 valence electrons. The van der Waals surface area contributed by atoms with Crippen molar-refractivity contribution in [3.8, 4) is 5.00 Å². The summed E-state index contributed by atoms with van der Waals surface area (Å²) in [6.07, 6.45) is 0.719. The maximum Gasteiger partial charge on any atom is 0.256 e. The summed E-state index contributed by atoms with van der Waals surface area (Å²) in [5.74, 6) is 0.629. The molecule has 0 bridgehead atoms. The lowest BCUT2D eigenvalue weighted by molar-refractivity contribution is 0.0588. The van der Waals surface area contributed by atoms with Gasteiger partial charge in [0, 0.05) is 43.6 Å². The number of sulfone groups is 1. The number of aryl methyl sites for hydroxylation is 2. The first-order chi connectivity index (χ1) is 12.9. The maximum absolute atomic E-state index is 13.1. The average Bonchev–Trinajstić information content (AvgIpc) is 3.33. The SMILES string of the molecule is Cc1ccc(C)n1-c1sccc1C(=O)N1CCN(C2CCS(=O)(=O)C2)CC1. The zero-order valence-electron chi connectivity index (χ0n) is 15.7. The highest BCUT2D eigenvalue weighted by atomic mass is 32.2. The number of carbonyl (C=O) groups excluding carboxylic acids is 1. The van der Waals surface area contributed by atoms with E-state index in [-0.39, 0.29) is 17.7 Å². The summed E-state index contributed by atoms with van der Waals surface area (Å²) in [6, 6.07) is 6.17. The highest BCUT2D eigenvalue weighted by Crippen LogP contribution is 2.28. The molecule has 2 aromatic heterocycles. The van der Waals surface area contributed by atoms with Gasteiger partial charge in [-0.25, -0.2) is 8.42 Å². The lowest BCUT2D eigenvalue weighted by Crippen LogP contribution is -2.52. The highest BCUT2D eigenvalue weighted by molar-refractivity contribution is 7.91. The molecule has 0 radical (unpaired) electrons. The van der Waals surface area contributed by atoms with Crippen molar-refractivity contribution in [2.24, 2.45) is 0 Å². The van der Waals surface area contributed by atoms with E-state index in [2.05, 4.69) is 35.4 Å². The van der Waals surface area contributed by atoms with Crippen molar-refractivity contribution >= 4 is 27.1 Å². The van der Waals surface area contributed by atoms with Crippen LogP contribution in [-0.4, -0.2) is 72.4 Å². The van der Waals surface area contributed by atoms with Gasteiger partial charge in [-0.3, -0.25) is 9.69 Å². The topological polar surface area (TPSA) is 62.6 Å². The lowest BCUT2D eigenvalue weighted by atomic mass is 10.1. The predicted octanol–water partition coefficient (Wildman–Crippen LogP) is 2.10. The molecular weight excluding hydrogens is 382 g/mol. The summed E-state index contributed by atoms with van der Waals surface area (Å²) in [5.41, 5.74) is 2.99. The number of thiophene rings is 1. The number of hydrogen-bond acceptors (Lipinski definition) is 5. The van der Waals surface area contributed by atoms with Gasteiger partial charge in [0.05, 0.1) is 17.1 Å². The Labute approximate surface area is 164 Å². The summed E-state index contributed by atoms with van der Waals surface area (Å²) >= 11 is 1.59. The molecule has 27 heavy (non-hydrogen) atoms. The Morgan fingerprint density at radius 2 is 1.74 bits per heavy atom. The molecule has 0 saturated carbocycles. The zero-order chi connectivity index (χ0) is 19.2. The zero-order valence-corrected chi connectivity index (χ0v) is 17.4. The van der Waals surface area contributed by atoms with Crippen molar-refractivity contribution in [2.45, 2.75) is 26.3 Å². The summed E-state index contributed by atoms with van der Waals surface area (Å²) in [6.45, 7) is 6.88. The number of rotatable bonds is 3. The van der Waals surface area contributed by atoms with Crippen LogP contribution in [0.4, 0.5) is 0 Å². The molecule has 8 heteroatoms. The van der Waals surface area contributed by atoms with Gasteiger partial charge in [0.15, 0.2) is 9.84 Å². The normalized spacial score (nSPS) is 23.0. The van der Waals surface area contributed by atoms with E-state index in [1.165, 1.54) is 0 Å². The van der Waals surface area contributed by atoms with Crippen LogP contribution in [0.3, 0.4) is 0 Å².